The molecule has 21 heteroatoms. The molecule has 1 saturated carbocycles. The lowest BCUT2D eigenvalue weighted by Crippen LogP contribution is -2.60. The molecule has 448 valence electrons. The first-order valence-corrected chi connectivity index (χ1v) is 32.0. The van der Waals surface area contributed by atoms with Gasteiger partial charge in [-0.15, -0.1) is 0 Å². The Hall–Kier alpha value is -7.04. The first kappa shape index (κ1) is 55.8. The number of benzene rings is 3. The number of aryl methyl sites for hydroxylation is 2. The molecule has 8 aliphatic rings. The fourth-order valence-corrected chi connectivity index (χ4v) is 16.4. The number of pyridine rings is 2. The van der Waals surface area contributed by atoms with Crippen molar-refractivity contribution >= 4 is 55.4 Å². The molecule has 1 aliphatic carbocycles. The molecule has 7 aliphatic heterocycles. The second-order valence-corrected chi connectivity index (χ2v) is 27.4. The van der Waals surface area contributed by atoms with Crippen molar-refractivity contribution in [2.75, 3.05) is 87.5 Å². The standard InChI is InChI=1S/C64H76N10O10S/c1-38-8-6-7-9-46(38)54-35-71(40(3)48-34-66-39(2)59-57(48)63(4,5)18-27-82-59)22-23-72(54)44-32-64(33-44)16-20-70(21-17-64)43-10-11-47(51(29-43)73-50-15-26-81-37-56(50)84-62-53(73)28-42-12-19-65-60(42)68-62)61(75)69-85(78,79)45-30-52(74(76)77)58-55(31-45)83-36-49(67-58)41-13-24-80-25-14-41/h6-12,19,28-31,34,40-41,44,49-50,54,56,67H,13-18,20-27,32-33,35-37H2,1-5H3,(H,65,68)(H,69,75)/t40?,49-,50-,54-,56-/m0/s1. The molecular weight excluding hydrogens is 1100 g/mol. The Bertz CT molecular complexity index is 3700. The Kier molecular flexibility index (Phi) is 14.3. The molecule has 3 aromatic carbocycles. The topological polar surface area (TPSA) is 219 Å². The highest BCUT2D eigenvalue weighted by Crippen LogP contribution is 2.55. The molecule has 4 saturated heterocycles. The molecule has 20 nitrogen and oxygen atoms in total. The number of piperazine rings is 1. The summed E-state index contributed by atoms with van der Waals surface area (Å²) in [5, 5.41) is 16.8. The molecule has 5 atom stereocenters. The first-order chi connectivity index (χ1) is 41.0. The van der Waals surface area contributed by atoms with Gasteiger partial charge in [0.15, 0.2) is 11.4 Å². The number of nitro benzene ring substituents is 1. The van der Waals surface area contributed by atoms with E-state index in [1.807, 2.05) is 30.5 Å². The number of ether oxygens (including phenoxy) is 5. The van der Waals surface area contributed by atoms with E-state index in [9.17, 15) is 23.3 Å². The van der Waals surface area contributed by atoms with Crippen LogP contribution in [0, 0.1) is 35.3 Å². The van der Waals surface area contributed by atoms with Crippen LogP contribution in [0.3, 0.4) is 0 Å². The number of fused-ring (bicyclic) bond motifs is 5. The normalized spacial score (nSPS) is 24.5. The van der Waals surface area contributed by atoms with Crippen LogP contribution < -0.4 is 34.0 Å². The monoisotopic (exact) mass is 1180 g/mol. The van der Waals surface area contributed by atoms with Crippen molar-refractivity contribution in [1.29, 1.82) is 0 Å². The van der Waals surface area contributed by atoms with Gasteiger partial charge < -0.3 is 43.8 Å². The molecule has 3 N–H and O–H groups in total. The summed E-state index contributed by atoms with van der Waals surface area (Å²) in [5.41, 5.74) is 8.88. The number of piperidine rings is 1. The largest absolute Gasteiger partial charge is 0.491 e. The lowest BCUT2D eigenvalue weighted by molar-refractivity contribution is -0.384. The Balaban J connectivity index is 0.730. The molecule has 1 unspecified atom stereocenters. The zero-order chi connectivity index (χ0) is 58.5. The Morgan fingerprint density at radius 3 is 2.49 bits per heavy atom. The van der Waals surface area contributed by atoms with Gasteiger partial charge in [0.2, 0.25) is 5.88 Å². The quantitative estimate of drug-likeness (QED) is 0.0812. The number of hydrogen-bond donors (Lipinski definition) is 3. The van der Waals surface area contributed by atoms with Gasteiger partial charge in [-0.05, 0) is 136 Å². The van der Waals surface area contributed by atoms with Crippen molar-refractivity contribution in [3.63, 3.8) is 0 Å². The minimum Gasteiger partial charge on any atom is -0.491 e. The van der Waals surface area contributed by atoms with Crippen LogP contribution in [0.4, 0.5) is 28.4 Å². The van der Waals surface area contributed by atoms with Crippen LogP contribution >= 0.6 is 0 Å². The number of rotatable bonds is 11. The van der Waals surface area contributed by atoms with Crippen LogP contribution in [0.25, 0.3) is 11.0 Å². The van der Waals surface area contributed by atoms with Crippen molar-refractivity contribution in [1.82, 2.24) is 29.5 Å². The summed E-state index contributed by atoms with van der Waals surface area (Å²) in [4.78, 5) is 49.4. The molecular formula is C64H76N10O10S. The van der Waals surface area contributed by atoms with Crippen molar-refractivity contribution in [3.8, 4) is 17.4 Å². The van der Waals surface area contributed by atoms with Gasteiger partial charge in [0, 0.05) is 112 Å². The Labute approximate surface area is 496 Å². The predicted octanol–water partition coefficient (Wildman–Crippen LogP) is 9.82. The number of carbonyl (C=O) groups is 1. The van der Waals surface area contributed by atoms with E-state index < -0.39 is 37.5 Å². The number of nitrogens with zero attached hydrogens (tertiary/aromatic N) is 7. The number of nitrogens with one attached hydrogen (secondary N) is 3. The van der Waals surface area contributed by atoms with E-state index in [0.29, 0.717) is 68.4 Å². The average Bonchev–Trinajstić information content (AvgIpc) is 2.34. The number of nitro groups is 1. The Morgan fingerprint density at radius 1 is 0.894 bits per heavy atom. The van der Waals surface area contributed by atoms with Crippen LogP contribution in [0.2, 0.25) is 0 Å². The molecule has 14 rings (SSSR count). The molecule has 85 heavy (non-hydrogen) atoms. The van der Waals surface area contributed by atoms with E-state index in [-0.39, 0.29) is 64.5 Å². The summed E-state index contributed by atoms with van der Waals surface area (Å²) in [7, 11) is -4.72. The van der Waals surface area contributed by atoms with Gasteiger partial charge in [-0.3, -0.25) is 29.7 Å². The van der Waals surface area contributed by atoms with Crippen molar-refractivity contribution in [2.24, 2.45) is 11.3 Å². The van der Waals surface area contributed by atoms with Crippen LogP contribution in [-0.2, 0) is 24.9 Å². The Morgan fingerprint density at radius 2 is 1.69 bits per heavy atom. The zero-order valence-electron chi connectivity index (χ0n) is 49.1. The SMILES string of the molecule is Cc1ccccc1[C@@H]1CN(C(C)c2cnc(C)c3c2C(C)(C)CCO3)CCN1C1CC2(CCN(c3ccc(C(=O)NS(=O)(=O)c4cc5c(c([N+](=O)[O-])c4)N[C@H](C4CCOCC4)CO5)c(N4c5cc6cc[nH]c6nc5O[C@H]5COCC[C@@H]54)c3)CC2)C1. The van der Waals surface area contributed by atoms with Crippen molar-refractivity contribution < 1.29 is 41.8 Å². The number of aromatic nitrogens is 3. The molecule has 5 fully saturated rings. The van der Waals surface area contributed by atoms with Crippen molar-refractivity contribution in [2.45, 2.75) is 133 Å². The highest BCUT2D eigenvalue weighted by molar-refractivity contribution is 7.90. The van der Waals surface area contributed by atoms with Gasteiger partial charge in [0.05, 0.1) is 52.1 Å². The lowest BCUT2D eigenvalue weighted by atomic mass is 9.59. The second kappa shape index (κ2) is 21.7. The third-order valence-corrected chi connectivity index (χ3v) is 21.7. The fraction of sp³-hybridized carbons (Fsp3) is 0.516. The number of anilines is 4. The van der Waals surface area contributed by atoms with E-state index in [4.69, 9.17) is 33.7 Å². The summed E-state index contributed by atoms with van der Waals surface area (Å²) in [6.45, 7) is 18.6. The van der Waals surface area contributed by atoms with Crippen molar-refractivity contribution in [3.05, 3.63) is 123 Å². The van der Waals surface area contributed by atoms with Gasteiger partial charge in [-0.1, -0.05) is 38.1 Å². The highest BCUT2D eigenvalue weighted by atomic mass is 32.2. The van der Waals surface area contributed by atoms with Gasteiger partial charge >= 0.3 is 0 Å². The molecule has 3 aromatic heterocycles. The summed E-state index contributed by atoms with van der Waals surface area (Å²) < 4.78 is 61.8. The van der Waals surface area contributed by atoms with Crippen LogP contribution in [0.5, 0.6) is 17.4 Å². The summed E-state index contributed by atoms with van der Waals surface area (Å²) in [6.07, 6.45) is 10.8. The first-order valence-electron chi connectivity index (χ1n) is 30.5. The molecule has 0 radical (unpaired) electrons. The molecule has 10 heterocycles. The highest BCUT2D eigenvalue weighted by Gasteiger charge is 2.51. The van der Waals surface area contributed by atoms with Crippen LogP contribution in [0.15, 0.2) is 84.0 Å². The number of H-pyrrole nitrogens is 1. The zero-order valence-corrected chi connectivity index (χ0v) is 49.9. The molecule has 6 aromatic rings. The maximum Gasteiger partial charge on any atom is 0.297 e. The third-order valence-electron chi connectivity index (χ3n) is 20.3. The number of aromatic amines is 1. The predicted molar refractivity (Wildman–Crippen MR) is 322 cm³/mol. The van der Waals surface area contributed by atoms with E-state index >= 15 is 0 Å². The molecule has 1 amide bonds. The maximum absolute atomic E-state index is 15.0. The van der Waals surface area contributed by atoms with E-state index in [1.165, 1.54) is 28.3 Å². The number of amides is 1. The maximum atomic E-state index is 15.0. The molecule has 1 spiro atoms. The summed E-state index contributed by atoms with van der Waals surface area (Å²) >= 11 is 0. The number of carbonyl (C=O) groups excluding carboxylic acids is 1. The smallest absolute Gasteiger partial charge is 0.297 e. The van der Waals surface area contributed by atoms with E-state index in [2.05, 4.69) is 99.7 Å². The van der Waals surface area contributed by atoms with Crippen LogP contribution in [0.1, 0.15) is 123 Å². The molecule has 0 bridgehead atoms. The average molecular weight is 1180 g/mol. The number of hydrogen-bond acceptors (Lipinski definition) is 17. The summed E-state index contributed by atoms with van der Waals surface area (Å²) in [6, 6.07) is 21.0. The third kappa shape index (κ3) is 10.1. The van der Waals surface area contributed by atoms with Crippen LogP contribution in [-0.4, -0.2) is 141 Å². The van der Waals surface area contributed by atoms with Gasteiger partial charge in [0.1, 0.15) is 29.8 Å². The van der Waals surface area contributed by atoms with E-state index in [0.717, 1.165) is 106 Å². The second-order valence-electron chi connectivity index (χ2n) is 25.7. The van der Waals surface area contributed by atoms with Gasteiger partial charge in [0.25, 0.3) is 21.6 Å². The summed E-state index contributed by atoms with van der Waals surface area (Å²) in [5.74, 6) is 0.627. The minimum atomic E-state index is -4.72. The lowest BCUT2D eigenvalue weighted by Gasteiger charge is -2.58. The minimum absolute atomic E-state index is 0.00678. The number of sulfonamides is 1. The van der Waals surface area contributed by atoms with Gasteiger partial charge in [-0.25, -0.2) is 13.1 Å². The van der Waals surface area contributed by atoms with Gasteiger partial charge in [-0.2, -0.15) is 4.98 Å². The fourth-order valence-electron chi connectivity index (χ4n) is 15.4. The van der Waals surface area contributed by atoms with E-state index in [1.54, 1.807) is 6.07 Å².